The van der Waals surface area contributed by atoms with Crippen LogP contribution in [0.2, 0.25) is 0 Å². The van der Waals surface area contributed by atoms with E-state index in [0.717, 1.165) is 24.8 Å². The van der Waals surface area contributed by atoms with E-state index in [2.05, 4.69) is 15.2 Å². The molecule has 2 unspecified atom stereocenters. The van der Waals surface area contributed by atoms with Crippen molar-refractivity contribution in [2.24, 2.45) is 5.92 Å². The Morgan fingerprint density at radius 2 is 2.04 bits per heavy atom. The number of piperidine rings is 1. The normalized spacial score (nSPS) is 24.8. The first-order valence-electron chi connectivity index (χ1n) is 9.53. The smallest absolute Gasteiger partial charge is 0.247 e. The first-order valence-corrected chi connectivity index (χ1v) is 11.0. The Morgan fingerprint density at radius 1 is 1.21 bits per heavy atom. The number of benzene rings is 1. The number of fused-ring (bicyclic) bond motifs is 2. The highest BCUT2D eigenvalue weighted by atomic mass is 32.2. The van der Waals surface area contributed by atoms with Crippen molar-refractivity contribution in [3.63, 3.8) is 0 Å². The van der Waals surface area contributed by atoms with Crippen LogP contribution in [-0.4, -0.2) is 38.7 Å². The maximum atomic E-state index is 13.4. The maximum absolute atomic E-state index is 13.4. The van der Waals surface area contributed by atoms with Gasteiger partial charge in [-0.2, -0.15) is 14.4 Å². The fraction of sp³-hybridized carbons (Fsp3) is 0.421. The lowest BCUT2D eigenvalue weighted by atomic mass is 10.00. The number of aromatic nitrogens is 4. The van der Waals surface area contributed by atoms with E-state index in [4.69, 9.17) is 4.52 Å². The Labute approximate surface area is 163 Å². The second-order valence-electron chi connectivity index (χ2n) is 7.36. The molecule has 8 nitrogen and oxygen atoms in total. The fourth-order valence-corrected chi connectivity index (χ4v) is 6.26. The third-order valence-electron chi connectivity index (χ3n) is 5.76. The lowest BCUT2D eigenvalue weighted by molar-refractivity contribution is 0.197. The molecule has 2 bridgehead atoms. The molecule has 28 heavy (non-hydrogen) atoms. The number of hydrogen-bond acceptors (Lipinski definition) is 6. The van der Waals surface area contributed by atoms with Crippen molar-refractivity contribution in [3.05, 3.63) is 48.6 Å². The molecule has 5 rings (SSSR count). The second-order valence-corrected chi connectivity index (χ2v) is 9.20. The van der Waals surface area contributed by atoms with Crippen LogP contribution in [0.25, 0.3) is 11.4 Å². The zero-order valence-electron chi connectivity index (χ0n) is 15.5. The Hall–Kier alpha value is -2.52. The lowest BCUT2D eigenvalue weighted by Gasteiger charge is -2.31. The molecule has 2 fully saturated rings. The molecule has 3 atom stereocenters. The van der Waals surface area contributed by atoms with Gasteiger partial charge >= 0.3 is 0 Å². The van der Waals surface area contributed by atoms with E-state index >= 15 is 0 Å². The lowest BCUT2D eigenvalue weighted by Crippen LogP contribution is -2.40. The topological polar surface area (TPSA) is 94.1 Å². The third kappa shape index (κ3) is 2.68. The van der Waals surface area contributed by atoms with Gasteiger partial charge < -0.3 is 4.52 Å². The number of rotatable bonds is 5. The van der Waals surface area contributed by atoms with E-state index in [9.17, 15) is 8.42 Å². The Balaban J connectivity index is 1.52. The SMILES string of the molecule is CCn1cc(S(=O)(=O)N2C3CCC(C3)[C@H]2c2nc(-c3ccccc3)no2)cn1. The van der Waals surface area contributed by atoms with Crippen molar-refractivity contribution in [3.8, 4) is 11.4 Å². The molecule has 0 N–H and O–H groups in total. The molecule has 9 heteroatoms. The summed E-state index contributed by atoms with van der Waals surface area (Å²) in [5, 5.41) is 8.23. The van der Waals surface area contributed by atoms with E-state index in [1.807, 2.05) is 37.3 Å². The Morgan fingerprint density at radius 3 is 2.79 bits per heavy atom. The molecule has 1 aliphatic carbocycles. The van der Waals surface area contributed by atoms with Crippen LogP contribution < -0.4 is 0 Å². The summed E-state index contributed by atoms with van der Waals surface area (Å²) >= 11 is 0. The van der Waals surface area contributed by atoms with Gasteiger partial charge in [-0.1, -0.05) is 35.5 Å². The van der Waals surface area contributed by atoms with Crippen LogP contribution in [0, 0.1) is 5.92 Å². The monoisotopic (exact) mass is 399 g/mol. The predicted octanol–water partition coefficient (Wildman–Crippen LogP) is 2.87. The van der Waals surface area contributed by atoms with Crippen molar-refractivity contribution in [1.29, 1.82) is 0 Å². The molecule has 2 aliphatic rings. The zero-order valence-corrected chi connectivity index (χ0v) is 16.3. The van der Waals surface area contributed by atoms with E-state index in [1.165, 1.54) is 6.20 Å². The van der Waals surface area contributed by atoms with Crippen LogP contribution in [0.15, 0.2) is 52.1 Å². The molecule has 0 spiro atoms. The van der Waals surface area contributed by atoms with Crippen molar-refractivity contribution in [1.82, 2.24) is 24.2 Å². The quantitative estimate of drug-likeness (QED) is 0.655. The summed E-state index contributed by atoms with van der Waals surface area (Å²) in [6, 6.07) is 9.10. The molecular formula is C19H21N5O3S. The molecule has 0 radical (unpaired) electrons. The van der Waals surface area contributed by atoms with Gasteiger partial charge in [0.15, 0.2) is 0 Å². The molecule has 1 aromatic carbocycles. The summed E-state index contributed by atoms with van der Waals surface area (Å²) < 4.78 is 35.6. The number of aryl methyl sites for hydroxylation is 1. The first kappa shape index (κ1) is 17.6. The van der Waals surface area contributed by atoms with E-state index in [0.29, 0.717) is 18.3 Å². The molecule has 1 saturated carbocycles. The van der Waals surface area contributed by atoms with Crippen molar-refractivity contribution < 1.29 is 12.9 Å². The Bertz CT molecular complexity index is 1090. The van der Waals surface area contributed by atoms with Crippen LogP contribution in [0.3, 0.4) is 0 Å². The summed E-state index contributed by atoms with van der Waals surface area (Å²) in [5.74, 6) is 1.05. The van der Waals surface area contributed by atoms with Crippen LogP contribution in [0.1, 0.15) is 38.1 Å². The van der Waals surface area contributed by atoms with Gasteiger partial charge in [0.05, 0.1) is 6.20 Å². The minimum Gasteiger partial charge on any atom is -0.337 e. The molecule has 0 amide bonds. The van der Waals surface area contributed by atoms with Crippen molar-refractivity contribution in [2.75, 3.05) is 0 Å². The largest absolute Gasteiger partial charge is 0.337 e. The molecular weight excluding hydrogens is 378 g/mol. The van der Waals surface area contributed by atoms with Gasteiger partial charge in [-0.15, -0.1) is 0 Å². The van der Waals surface area contributed by atoms with Crippen LogP contribution in [-0.2, 0) is 16.6 Å². The van der Waals surface area contributed by atoms with E-state index in [1.54, 1.807) is 15.2 Å². The average Bonchev–Trinajstić information content (AvgIpc) is 3.51. The molecule has 2 aromatic heterocycles. The highest BCUT2D eigenvalue weighted by molar-refractivity contribution is 7.89. The summed E-state index contributed by atoms with van der Waals surface area (Å²) in [6.45, 7) is 2.54. The Kier molecular flexibility index (Phi) is 4.09. The van der Waals surface area contributed by atoms with Crippen LogP contribution >= 0.6 is 0 Å². The van der Waals surface area contributed by atoms with Gasteiger partial charge in [-0.05, 0) is 32.1 Å². The number of sulfonamides is 1. The van der Waals surface area contributed by atoms with Gasteiger partial charge in [0.1, 0.15) is 10.9 Å². The van der Waals surface area contributed by atoms with Crippen LogP contribution in [0.5, 0.6) is 0 Å². The van der Waals surface area contributed by atoms with Crippen molar-refractivity contribution >= 4 is 10.0 Å². The first-order chi connectivity index (χ1) is 13.6. The van der Waals surface area contributed by atoms with E-state index < -0.39 is 16.1 Å². The minimum atomic E-state index is -3.69. The highest BCUT2D eigenvalue weighted by Gasteiger charge is 2.54. The molecule has 1 aliphatic heterocycles. The minimum absolute atomic E-state index is 0.0305. The predicted molar refractivity (Wildman–Crippen MR) is 101 cm³/mol. The molecule has 146 valence electrons. The zero-order chi connectivity index (χ0) is 19.3. The fourth-order valence-electron chi connectivity index (χ4n) is 4.43. The molecule has 3 aromatic rings. The van der Waals surface area contributed by atoms with Gasteiger partial charge in [0.2, 0.25) is 21.7 Å². The third-order valence-corrected chi connectivity index (χ3v) is 7.65. The van der Waals surface area contributed by atoms with Crippen LogP contribution in [0.4, 0.5) is 0 Å². The number of nitrogens with zero attached hydrogens (tertiary/aromatic N) is 5. The maximum Gasteiger partial charge on any atom is 0.247 e. The van der Waals surface area contributed by atoms with Gasteiger partial charge in [0, 0.05) is 24.3 Å². The average molecular weight is 399 g/mol. The summed E-state index contributed by atoms with van der Waals surface area (Å²) in [4.78, 5) is 4.77. The van der Waals surface area contributed by atoms with Crippen molar-refractivity contribution in [2.45, 2.75) is 49.7 Å². The summed E-state index contributed by atoms with van der Waals surface area (Å²) in [6.07, 6.45) is 5.67. The van der Waals surface area contributed by atoms with Gasteiger partial charge in [-0.25, -0.2) is 8.42 Å². The highest BCUT2D eigenvalue weighted by Crippen LogP contribution is 2.52. The second kappa shape index (κ2) is 6.52. The standard InChI is InChI=1S/C19H21N5O3S/c1-2-23-12-16(11-20-23)28(25,26)24-15-9-8-14(10-15)17(24)19-21-18(22-27-19)13-6-4-3-5-7-13/h3-7,11-12,14-15,17H,2,8-10H2,1H3/t14?,15?,17-/m0/s1. The summed E-state index contributed by atoms with van der Waals surface area (Å²) in [5.41, 5.74) is 0.847. The van der Waals surface area contributed by atoms with Gasteiger partial charge in [0.25, 0.3) is 0 Å². The number of hydrogen-bond donors (Lipinski definition) is 0. The van der Waals surface area contributed by atoms with E-state index in [-0.39, 0.29) is 16.9 Å². The summed E-state index contributed by atoms with van der Waals surface area (Å²) in [7, 11) is -3.69. The molecule has 1 saturated heterocycles. The van der Waals surface area contributed by atoms with Gasteiger partial charge in [-0.3, -0.25) is 4.68 Å². The molecule has 3 heterocycles.